The van der Waals surface area contributed by atoms with Crippen LogP contribution in [0.2, 0.25) is 0 Å². The van der Waals surface area contributed by atoms with Gasteiger partial charge in [0.15, 0.2) is 11.6 Å². The van der Waals surface area contributed by atoms with Crippen LogP contribution in [0.25, 0.3) is 0 Å². The molecule has 1 amide bonds. The molecule has 150 valence electrons. The number of primary amides is 1. The average molecular weight is 391 g/mol. The molecule has 0 bridgehead atoms. The Hall–Kier alpha value is -2.94. The van der Waals surface area contributed by atoms with Gasteiger partial charge < -0.3 is 26.8 Å². The molecule has 7 nitrogen and oxygen atoms in total. The van der Waals surface area contributed by atoms with Gasteiger partial charge in [0, 0.05) is 29.9 Å². The molecule has 1 heterocycles. The fraction of sp³-hybridized carbons (Fsp3) is 0.368. The topological polar surface area (TPSA) is 115 Å². The van der Waals surface area contributed by atoms with Crippen LogP contribution in [0, 0.1) is 11.6 Å². The van der Waals surface area contributed by atoms with Crippen molar-refractivity contribution in [3.05, 3.63) is 41.5 Å². The van der Waals surface area contributed by atoms with Gasteiger partial charge in [-0.3, -0.25) is 4.79 Å². The van der Waals surface area contributed by atoms with E-state index in [-0.39, 0.29) is 40.7 Å². The average Bonchev–Trinajstić information content (AvgIpc) is 2.65. The van der Waals surface area contributed by atoms with Crippen molar-refractivity contribution in [1.82, 2.24) is 4.98 Å². The lowest BCUT2D eigenvalue weighted by Crippen LogP contribution is -2.43. The van der Waals surface area contributed by atoms with Gasteiger partial charge in [-0.05, 0) is 25.0 Å². The highest BCUT2D eigenvalue weighted by molar-refractivity contribution is 5.98. The molecule has 2 atom stereocenters. The Bertz CT molecular complexity index is 878. The number of nitrogens with zero attached hydrogens (tertiary/aromatic N) is 1. The normalized spacial score (nSPS) is 19.1. The third kappa shape index (κ3) is 4.48. The summed E-state index contributed by atoms with van der Waals surface area (Å²) in [6, 6.07) is 4.68. The van der Waals surface area contributed by atoms with Crippen LogP contribution < -0.4 is 26.8 Å². The molecule has 1 unspecified atom stereocenters. The number of nitrogens with one attached hydrogen (secondary N) is 2. The molecule has 1 aliphatic carbocycles. The Kier molecular flexibility index (Phi) is 5.93. The maximum atomic E-state index is 14.5. The van der Waals surface area contributed by atoms with E-state index in [4.69, 9.17) is 16.2 Å². The molecule has 9 heteroatoms. The number of pyridine rings is 1. The van der Waals surface area contributed by atoms with Crippen LogP contribution in [-0.2, 0) is 0 Å². The van der Waals surface area contributed by atoms with Gasteiger partial charge in [0.25, 0.3) is 5.91 Å². The molecule has 1 aromatic heterocycles. The predicted molar refractivity (Wildman–Crippen MR) is 103 cm³/mol. The van der Waals surface area contributed by atoms with Crippen molar-refractivity contribution in [2.75, 3.05) is 17.7 Å². The minimum Gasteiger partial charge on any atom is -0.497 e. The molecule has 0 saturated heterocycles. The Morgan fingerprint density at radius 1 is 1.18 bits per heavy atom. The van der Waals surface area contributed by atoms with Crippen LogP contribution in [0.1, 0.15) is 36.0 Å². The van der Waals surface area contributed by atoms with Crippen molar-refractivity contribution in [2.45, 2.75) is 37.8 Å². The number of rotatable bonds is 6. The smallest absolute Gasteiger partial charge is 0.252 e. The van der Waals surface area contributed by atoms with Gasteiger partial charge in [-0.15, -0.1) is 0 Å². The van der Waals surface area contributed by atoms with Crippen LogP contribution in [0.4, 0.5) is 26.1 Å². The highest BCUT2D eigenvalue weighted by Crippen LogP contribution is 2.28. The van der Waals surface area contributed by atoms with Crippen LogP contribution in [0.5, 0.6) is 5.75 Å². The lowest BCUT2D eigenvalue weighted by Gasteiger charge is -2.30. The number of nitrogens with two attached hydrogens (primary N) is 2. The summed E-state index contributed by atoms with van der Waals surface area (Å²) in [5.41, 5.74) is 11.6. The third-order valence-corrected chi connectivity index (χ3v) is 4.75. The van der Waals surface area contributed by atoms with Gasteiger partial charge in [0.05, 0.1) is 12.7 Å². The van der Waals surface area contributed by atoms with Crippen molar-refractivity contribution >= 4 is 23.2 Å². The first kappa shape index (κ1) is 19.8. The third-order valence-electron chi connectivity index (χ3n) is 4.75. The van der Waals surface area contributed by atoms with E-state index in [1.165, 1.54) is 25.3 Å². The summed E-state index contributed by atoms with van der Waals surface area (Å²) >= 11 is 0. The Morgan fingerprint density at radius 3 is 2.61 bits per heavy atom. The first-order chi connectivity index (χ1) is 13.4. The molecule has 1 aromatic carbocycles. The second kappa shape index (κ2) is 8.39. The van der Waals surface area contributed by atoms with Crippen LogP contribution in [0.15, 0.2) is 24.3 Å². The Labute approximate surface area is 161 Å². The summed E-state index contributed by atoms with van der Waals surface area (Å²) in [5.74, 6) is -1.88. The summed E-state index contributed by atoms with van der Waals surface area (Å²) in [7, 11) is 1.40. The molecule has 0 radical (unpaired) electrons. The predicted octanol–water partition coefficient (Wildman–Crippen LogP) is 2.89. The van der Waals surface area contributed by atoms with Crippen molar-refractivity contribution in [1.29, 1.82) is 0 Å². The lowest BCUT2D eigenvalue weighted by molar-refractivity contribution is 0.100. The van der Waals surface area contributed by atoms with Gasteiger partial charge in [0.1, 0.15) is 17.4 Å². The summed E-state index contributed by atoms with van der Waals surface area (Å²) in [6.45, 7) is 0. The van der Waals surface area contributed by atoms with E-state index in [0.29, 0.717) is 0 Å². The first-order valence-electron chi connectivity index (χ1n) is 9.01. The molecule has 6 N–H and O–H groups in total. The van der Waals surface area contributed by atoms with E-state index in [2.05, 4.69) is 15.6 Å². The zero-order valence-corrected chi connectivity index (χ0v) is 15.5. The number of ether oxygens (including phenoxy) is 1. The Morgan fingerprint density at radius 2 is 1.93 bits per heavy atom. The molecule has 3 rings (SSSR count). The number of hydrogen-bond donors (Lipinski definition) is 4. The molecule has 1 aliphatic rings. The second-order valence-electron chi connectivity index (χ2n) is 6.78. The number of carbonyl (C=O) groups is 1. The molecule has 28 heavy (non-hydrogen) atoms. The van der Waals surface area contributed by atoms with E-state index in [1.54, 1.807) is 0 Å². The number of amides is 1. The van der Waals surface area contributed by atoms with Crippen LogP contribution in [0.3, 0.4) is 0 Å². The van der Waals surface area contributed by atoms with E-state index in [9.17, 15) is 13.6 Å². The largest absolute Gasteiger partial charge is 0.497 e. The fourth-order valence-corrected chi connectivity index (χ4v) is 3.28. The van der Waals surface area contributed by atoms with Crippen LogP contribution >= 0.6 is 0 Å². The number of aromatic nitrogens is 1. The van der Waals surface area contributed by atoms with Gasteiger partial charge in [0.2, 0.25) is 0 Å². The minimum atomic E-state index is -0.863. The van der Waals surface area contributed by atoms with Crippen LogP contribution in [-0.4, -0.2) is 30.1 Å². The highest BCUT2D eigenvalue weighted by Gasteiger charge is 2.24. The monoisotopic (exact) mass is 391 g/mol. The van der Waals surface area contributed by atoms with Gasteiger partial charge in [-0.2, -0.15) is 0 Å². The highest BCUT2D eigenvalue weighted by atomic mass is 19.1. The van der Waals surface area contributed by atoms with Gasteiger partial charge >= 0.3 is 0 Å². The first-order valence-corrected chi connectivity index (χ1v) is 9.01. The number of anilines is 3. The molecular weight excluding hydrogens is 368 g/mol. The maximum Gasteiger partial charge on any atom is 0.252 e. The molecule has 2 aromatic rings. The van der Waals surface area contributed by atoms with Crippen molar-refractivity contribution in [3.63, 3.8) is 0 Å². The molecule has 1 fully saturated rings. The molecule has 0 spiro atoms. The zero-order valence-electron chi connectivity index (χ0n) is 15.5. The summed E-state index contributed by atoms with van der Waals surface area (Å²) in [6.07, 6.45) is 3.65. The number of halogens is 2. The molecule has 1 saturated carbocycles. The van der Waals surface area contributed by atoms with E-state index >= 15 is 0 Å². The zero-order chi connectivity index (χ0) is 20.3. The van der Waals surface area contributed by atoms with Crippen molar-refractivity contribution in [3.8, 4) is 5.75 Å². The standard InChI is InChI=1S/C19H23F2N5O2/c1-28-12-7-10(20)6-11(8-12)24-18-13(17(23)27)9-14(21)19(26-18)25-16-5-3-2-4-15(16)22/h6-9,15-16H,2-5,22H2,1H3,(H2,23,27)(H2,24,25,26)/t15-,16?/m0/s1. The van der Waals surface area contributed by atoms with E-state index < -0.39 is 17.5 Å². The minimum absolute atomic E-state index is 0.00781. The summed E-state index contributed by atoms with van der Waals surface area (Å²) < 4.78 is 33.3. The van der Waals surface area contributed by atoms with Crippen molar-refractivity contribution in [2.24, 2.45) is 11.5 Å². The quantitative estimate of drug-likeness (QED) is 0.602. The number of methoxy groups -OCH3 is 1. The maximum absolute atomic E-state index is 14.5. The van der Waals surface area contributed by atoms with Gasteiger partial charge in [-0.25, -0.2) is 13.8 Å². The number of benzene rings is 1. The van der Waals surface area contributed by atoms with E-state index in [1.807, 2.05) is 0 Å². The summed E-state index contributed by atoms with van der Waals surface area (Å²) in [4.78, 5) is 15.9. The van der Waals surface area contributed by atoms with E-state index in [0.717, 1.165) is 31.7 Å². The lowest BCUT2D eigenvalue weighted by atomic mass is 9.91. The SMILES string of the molecule is COc1cc(F)cc(Nc2nc(NC3CCCC[C@@H]3N)c(F)cc2C(N)=O)c1. The summed E-state index contributed by atoms with van der Waals surface area (Å²) in [5, 5.41) is 5.84. The fourth-order valence-electron chi connectivity index (χ4n) is 3.28. The Balaban J connectivity index is 1.94. The number of hydrogen-bond acceptors (Lipinski definition) is 6. The molecular formula is C19H23F2N5O2. The molecule has 0 aliphatic heterocycles. The van der Waals surface area contributed by atoms with Crippen molar-refractivity contribution < 1.29 is 18.3 Å². The number of carbonyl (C=O) groups excluding carboxylic acids is 1. The van der Waals surface area contributed by atoms with Gasteiger partial charge in [-0.1, -0.05) is 12.8 Å². The second-order valence-corrected chi connectivity index (χ2v) is 6.78.